The third-order valence-corrected chi connectivity index (χ3v) is 2.92. The van der Waals surface area contributed by atoms with Gasteiger partial charge in [0.05, 0.1) is 11.6 Å². The van der Waals surface area contributed by atoms with Crippen LogP contribution < -0.4 is 5.32 Å². The zero-order valence-electron chi connectivity index (χ0n) is 12.7. The molecule has 0 saturated heterocycles. The van der Waals surface area contributed by atoms with Gasteiger partial charge in [0.15, 0.2) is 0 Å². The largest absolute Gasteiger partial charge is 0.462 e. The van der Waals surface area contributed by atoms with Gasteiger partial charge < -0.3 is 5.32 Å². The summed E-state index contributed by atoms with van der Waals surface area (Å²) in [5.74, 6) is -16.7. The summed E-state index contributed by atoms with van der Waals surface area (Å²) in [6, 6.07) is 4.67. The second-order valence-electron chi connectivity index (χ2n) is 4.93. The molecule has 0 unspecified atom stereocenters. The van der Waals surface area contributed by atoms with Gasteiger partial charge in [-0.15, -0.1) is 0 Å². The van der Waals surface area contributed by atoms with Crippen molar-refractivity contribution < 1.29 is 57.8 Å². The molecule has 0 saturated carbocycles. The van der Waals surface area contributed by atoms with Crippen LogP contribution in [0.25, 0.3) is 0 Å². The molecule has 0 fully saturated rings. The lowest BCUT2D eigenvalue weighted by atomic mass is 10.2. The average molecular weight is 430 g/mol. The van der Waals surface area contributed by atoms with Gasteiger partial charge in [0.25, 0.3) is 5.91 Å². The Bertz CT molecular complexity index is 765. The van der Waals surface area contributed by atoms with Crippen molar-refractivity contribution in [1.29, 1.82) is 5.26 Å². The van der Waals surface area contributed by atoms with Crippen molar-refractivity contribution in [2.75, 3.05) is 5.32 Å². The Morgan fingerprint density at radius 2 is 1.32 bits per heavy atom. The normalized spacial score (nSPS) is 15.5. The number of nitrogens with zero attached hydrogens (tertiary/aromatic N) is 1. The predicted octanol–water partition coefficient (Wildman–Crippen LogP) is 4.53. The first kappa shape index (κ1) is 23.4. The number of alkyl halides is 11. The van der Waals surface area contributed by atoms with Crippen molar-refractivity contribution in [3.63, 3.8) is 0 Å². The van der Waals surface area contributed by atoms with Gasteiger partial charge in [-0.05, 0) is 24.3 Å². The summed E-state index contributed by atoms with van der Waals surface area (Å²) in [5, 5.41) is 9.53. The lowest BCUT2D eigenvalue weighted by Gasteiger charge is -2.34. The molecule has 0 bridgehead atoms. The highest BCUT2D eigenvalue weighted by Gasteiger charge is 2.79. The van der Waals surface area contributed by atoms with Gasteiger partial charge in [0, 0.05) is 5.69 Å². The maximum Gasteiger partial charge on any atom is 0.462 e. The van der Waals surface area contributed by atoms with Crippen LogP contribution in [-0.2, 0) is 9.53 Å². The van der Waals surface area contributed by atoms with Crippen LogP contribution in [0, 0.1) is 11.3 Å². The van der Waals surface area contributed by atoms with Crippen LogP contribution in [0.15, 0.2) is 24.3 Å². The highest BCUT2D eigenvalue weighted by Crippen LogP contribution is 2.51. The molecule has 0 heterocycles. The molecule has 0 aliphatic rings. The van der Waals surface area contributed by atoms with E-state index in [0.717, 1.165) is 17.4 Å². The number of ether oxygens (including phenoxy) is 1. The van der Waals surface area contributed by atoms with Gasteiger partial charge in [-0.2, -0.15) is 53.6 Å². The Hall–Kier alpha value is -2.63. The Morgan fingerprint density at radius 1 is 0.857 bits per heavy atom. The molecule has 0 aromatic heterocycles. The molecular weight excluding hydrogens is 425 g/mol. The van der Waals surface area contributed by atoms with E-state index in [1.165, 1.54) is 0 Å². The SMILES string of the molecule is N#Cc1ccc(NC(=O)[C@](F)(OC(F)(F)C(F)(F)C(F)(F)F)C(F)(F)F)cc1. The van der Waals surface area contributed by atoms with Crippen LogP contribution in [-0.4, -0.2) is 36.1 Å². The molecule has 4 nitrogen and oxygen atoms in total. The lowest BCUT2D eigenvalue weighted by molar-refractivity contribution is -0.472. The maximum absolute atomic E-state index is 13.9. The van der Waals surface area contributed by atoms with Crippen molar-refractivity contribution in [2.45, 2.75) is 30.2 Å². The number of benzene rings is 1. The summed E-state index contributed by atoms with van der Waals surface area (Å²) in [4.78, 5) is 11.4. The summed E-state index contributed by atoms with van der Waals surface area (Å²) >= 11 is 0. The van der Waals surface area contributed by atoms with Gasteiger partial charge in [-0.1, -0.05) is 0 Å². The zero-order valence-corrected chi connectivity index (χ0v) is 12.7. The molecule has 1 N–H and O–H groups in total. The Morgan fingerprint density at radius 3 is 1.68 bits per heavy atom. The number of hydrogen-bond donors (Lipinski definition) is 1. The fourth-order valence-corrected chi connectivity index (χ4v) is 1.48. The first-order chi connectivity index (χ1) is 12.4. The minimum atomic E-state index is -7.27. The maximum atomic E-state index is 13.9. The second kappa shape index (κ2) is 7.08. The molecular formula is C13H5F11N2O2. The summed E-state index contributed by atoms with van der Waals surface area (Å²) in [5.41, 5.74) is -0.849. The number of nitrogens with one attached hydrogen (secondary N) is 1. The Balaban J connectivity index is 3.28. The number of hydrogen-bond acceptors (Lipinski definition) is 3. The second-order valence-corrected chi connectivity index (χ2v) is 4.93. The first-order valence-electron chi connectivity index (χ1n) is 6.49. The minimum Gasteiger partial charge on any atom is -0.321 e. The van der Waals surface area contributed by atoms with Crippen LogP contribution in [0.2, 0.25) is 0 Å². The molecule has 15 heteroatoms. The molecule has 1 amide bonds. The van der Waals surface area contributed by atoms with Gasteiger partial charge in [-0.25, -0.2) is 0 Å². The molecule has 0 aliphatic heterocycles. The lowest BCUT2D eigenvalue weighted by Crippen LogP contribution is -2.62. The van der Waals surface area contributed by atoms with Crippen molar-refractivity contribution in [2.24, 2.45) is 0 Å². The van der Waals surface area contributed by atoms with Crippen LogP contribution in [0.3, 0.4) is 0 Å². The number of rotatable bonds is 5. The molecule has 28 heavy (non-hydrogen) atoms. The van der Waals surface area contributed by atoms with Crippen molar-refractivity contribution in [3.8, 4) is 6.07 Å². The van der Waals surface area contributed by atoms with Gasteiger partial charge in [0.2, 0.25) is 0 Å². The Kier molecular flexibility index (Phi) is 5.92. The van der Waals surface area contributed by atoms with Crippen molar-refractivity contribution in [1.82, 2.24) is 0 Å². The van der Waals surface area contributed by atoms with E-state index in [-0.39, 0.29) is 5.56 Å². The molecule has 1 rings (SSSR count). The predicted molar refractivity (Wildman–Crippen MR) is 66.7 cm³/mol. The van der Waals surface area contributed by atoms with Gasteiger partial charge >= 0.3 is 30.2 Å². The number of carbonyl (C=O) groups is 1. The molecule has 0 aliphatic carbocycles. The van der Waals surface area contributed by atoms with E-state index >= 15 is 0 Å². The van der Waals surface area contributed by atoms with E-state index in [1.807, 2.05) is 0 Å². The molecule has 1 atom stereocenters. The highest BCUT2D eigenvalue weighted by molar-refractivity contribution is 5.96. The minimum absolute atomic E-state index is 0.104. The van der Waals surface area contributed by atoms with E-state index in [0.29, 0.717) is 12.1 Å². The smallest absolute Gasteiger partial charge is 0.321 e. The topological polar surface area (TPSA) is 62.1 Å². The summed E-state index contributed by atoms with van der Waals surface area (Å²) in [6.45, 7) is 0. The molecule has 0 spiro atoms. The number of amides is 1. The molecule has 0 radical (unpaired) electrons. The van der Waals surface area contributed by atoms with Crippen molar-refractivity contribution in [3.05, 3.63) is 29.8 Å². The number of carbonyl (C=O) groups excluding carboxylic acids is 1. The van der Waals surface area contributed by atoms with Gasteiger partial charge in [0.1, 0.15) is 0 Å². The van der Waals surface area contributed by atoms with E-state index in [1.54, 1.807) is 6.07 Å². The van der Waals surface area contributed by atoms with E-state index in [2.05, 4.69) is 4.74 Å². The summed E-state index contributed by atoms with van der Waals surface area (Å²) in [6.07, 6.45) is -21.0. The highest BCUT2D eigenvalue weighted by atomic mass is 19.4. The molecule has 156 valence electrons. The third-order valence-electron chi connectivity index (χ3n) is 2.92. The van der Waals surface area contributed by atoms with Crippen LogP contribution in [0.4, 0.5) is 54.0 Å². The standard InChI is InChI=1S/C13H5F11N2O2/c14-9(11(17,18)19,28-13(23,24)10(15,16)12(20,21)22)8(27)26-7-3-1-6(5-25)2-4-7/h1-4H,(H,26,27)/t9-/m0/s1. The monoisotopic (exact) mass is 430 g/mol. The van der Waals surface area contributed by atoms with E-state index in [4.69, 9.17) is 5.26 Å². The quantitative estimate of drug-likeness (QED) is 0.699. The van der Waals surface area contributed by atoms with Crippen LogP contribution >= 0.6 is 0 Å². The third kappa shape index (κ3) is 4.26. The Labute approximate surface area is 147 Å². The molecule has 1 aromatic carbocycles. The van der Waals surface area contributed by atoms with Gasteiger partial charge in [-0.3, -0.25) is 9.53 Å². The average Bonchev–Trinajstić information content (AvgIpc) is 2.52. The zero-order chi connectivity index (χ0) is 22.2. The first-order valence-corrected chi connectivity index (χ1v) is 6.49. The van der Waals surface area contributed by atoms with Crippen molar-refractivity contribution >= 4 is 11.6 Å². The number of anilines is 1. The number of nitriles is 1. The van der Waals surface area contributed by atoms with Crippen LogP contribution in [0.1, 0.15) is 5.56 Å². The fourth-order valence-electron chi connectivity index (χ4n) is 1.48. The number of halogens is 11. The summed E-state index contributed by atoms with van der Waals surface area (Å²) in [7, 11) is 0. The van der Waals surface area contributed by atoms with E-state index < -0.39 is 41.8 Å². The molecule has 1 aromatic rings. The fraction of sp³-hybridized carbons (Fsp3) is 0.385. The van der Waals surface area contributed by atoms with E-state index in [9.17, 15) is 53.1 Å². The van der Waals surface area contributed by atoms with Crippen LogP contribution in [0.5, 0.6) is 0 Å². The summed E-state index contributed by atoms with van der Waals surface area (Å²) < 4.78 is 142.